The van der Waals surface area contributed by atoms with Crippen molar-refractivity contribution < 1.29 is 27.8 Å². The first kappa shape index (κ1) is 22.2. The van der Waals surface area contributed by atoms with Crippen molar-refractivity contribution in [3.8, 4) is 22.8 Å². The molecule has 0 aliphatic rings. The summed E-state index contributed by atoms with van der Waals surface area (Å²) in [5.41, 5.74) is 0.953. The molecule has 0 spiro atoms. The first-order valence-corrected chi connectivity index (χ1v) is 9.37. The molecule has 160 valence electrons. The molecular formula is C22H17ClF2N2O4. The van der Waals surface area contributed by atoms with E-state index >= 15 is 0 Å². The molecule has 31 heavy (non-hydrogen) atoms. The summed E-state index contributed by atoms with van der Waals surface area (Å²) in [7, 11) is 2.72. The highest BCUT2D eigenvalue weighted by Crippen LogP contribution is 2.31. The Morgan fingerprint density at radius 2 is 1.68 bits per heavy atom. The third kappa shape index (κ3) is 4.97. The van der Waals surface area contributed by atoms with Crippen LogP contribution in [0, 0.1) is 11.6 Å². The summed E-state index contributed by atoms with van der Waals surface area (Å²) in [4.78, 5) is 29.2. The monoisotopic (exact) mass is 446 g/mol. The van der Waals surface area contributed by atoms with Gasteiger partial charge in [-0.3, -0.25) is 9.59 Å². The largest absolute Gasteiger partial charge is 0.494 e. The number of nitrogens with zero attached hydrogens (tertiary/aromatic N) is 1. The van der Waals surface area contributed by atoms with Gasteiger partial charge in [0.15, 0.2) is 17.3 Å². The lowest BCUT2D eigenvalue weighted by Crippen LogP contribution is -2.30. The Balaban J connectivity index is 1.79. The molecule has 0 bridgehead atoms. The molecule has 1 aromatic heterocycles. The average molecular weight is 447 g/mol. The molecule has 0 saturated heterocycles. The summed E-state index contributed by atoms with van der Waals surface area (Å²) >= 11 is 5.85. The molecule has 0 aliphatic carbocycles. The highest BCUT2D eigenvalue weighted by Gasteiger charge is 2.17. The molecule has 1 amide bonds. The number of halogens is 3. The van der Waals surface area contributed by atoms with Gasteiger partial charge < -0.3 is 14.8 Å². The number of benzene rings is 2. The molecule has 0 fully saturated rings. The summed E-state index contributed by atoms with van der Waals surface area (Å²) in [5.74, 6) is -1.96. The minimum atomic E-state index is -0.606. The van der Waals surface area contributed by atoms with E-state index in [1.54, 1.807) is 6.07 Å². The Kier molecular flexibility index (Phi) is 6.81. The lowest BCUT2D eigenvalue weighted by Gasteiger charge is -2.11. The topological polar surface area (TPSA) is 77.5 Å². The van der Waals surface area contributed by atoms with Crippen molar-refractivity contribution in [3.63, 3.8) is 0 Å². The van der Waals surface area contributed by atoms with Gasteiger partial charge in [-0.1, -0.05) is 11.6 Å². The molecule has 0 unspecified atom stereocenters. The Morgan fingerprint density at radius 1 is 0.968 bits per heavy atom. The van der Waals surface area contributed by atoms with Gasteiger partial charge in [-0.2, -0.15) is 0 Å². The molecular weight excluding hydrogens is 430 g/mol. The second-order valence-corrected chi connectivity index (χ2v) is 6.74. The van der Waals surface area contributed by atoms with Crippen LogP contribution >= 0.6 is 11.6 Å². The molecule has 1 heterocycles. The molecule has 2 aromatic carbocycles. The number of ether oxygens (including phenoxy) is 2. The van der Waals surface area contributed by atoms with E-state index in [1.807, 2.05) is 0 Å². The van der Waals surface area contributed by atoms with Crippen molar-refractivity contribution in [1.29, 1.82) is 0 Å². The quantitative estimate of drug-likeness (QED) is 0.547. The summed E-state index contributed by atoms with van der Waals surface area (Å²) in [5, 5.41) is 2.37. The minimum absolute atomic E-state index is 0.0632. The zero-order valence-electron chi connectivity index (χ0n) is 16.5. The van der Waals surface area contributed by atoms with E-state index in [4.69, 9.17) is 21.1 Å². The first-order chi connectivity index (χ1) is 14.8. The van der Waals surface area contributed by atoms with E-state index in [0.717, 1.165) is 6.07 Å². The van der Waals surface area contributed by atoms with Gasteiger partial charge in [0.25, 0.3) is 5.91 Å². The van der Waals surface area contributed by atoms with Crippen LogP contribution in [0.5, 0.6) is 11.5 Å². The summed E-state index contributed by atoms with van der Waals surface area (Å²) in [6.45, 7) is -0.346. The number of methoxy groups -OCH3 is 2. The third-order valence-electron chi connectivity index (χ3n) is 4.38. The first-order valence-electron chi connectivity index (χ1n) is 8.99. The number of carbonyl (C=O) groups is 2. The number of amides is 1. The number of hydrogen-bond acceptors (Lipinski definition) is 5. The molecule has 3 rings (SSSR count). The fourth-order valence-electron chi connectivity index (χ4n) is 2.77. The number of hydrogen-bond donors (Lipinski definition) is 1. The highest BCUT2D eigenvalue weighted by atomic mass is 35.5. The van der Waals surface area contributed by atoms with Crippen molar-refractivity contribution in [2.75, 3.05) is 20.8 Å². The summed E-state index contributed by atoms with van der Waals surface area (Å²) in [6, 6.07) is 10.6. The van der Waals surface area contributed by atoms with Crippen LogP contribution in [0.2, 0.25) is 5.02 Å². The molecule has 9 heteroatoms. The van der Waals surface area contributed by atoms with Crippen LogP contribution in [0.15, 0.2) is 48.5 Å². The number of ketones is 1. The second-order valence-electron chi connectivity index (χ2n) is 6.33. The normalized spacial score (nSPS) is 10.5. The Morgan fingerprint density at radius 3 is 2.35 bits per heavy atom. The molecule has 6 nitrogen and oxygen atoms in total. The van der Waals surface area contributed by atoms with Crippen molar-refractivity contribution in [2.24, 2.45) is 0 Å². The number of pyridine rings is 1. The van der Waals surface area contributed by atoms with Crippen LogP contribution in [-0.4, -0.2) is 37.4 Å². The van der Waals surface area contributed by atoms with Crippen molar-refractivity contribution >= 4 is 23.3 Å². The number of rotatable bonds is 7. The van der Waals surface area contributed by atoms with Crippen LogP contribution in [0.3, 0.4) is 0 Å². The Hall–Kier alpha value is -3.52. The minimum Gasteiger partial charge on any atom is -0.494 e. The van der Waals surface area contributed by atoms with Crippen LogP contribution in [0.4, 0.5) is 8.78 Å². The molecule has 3 aromatic rings. The number of nitrogens with one attached hydrogen (secondary N) is 1. The molecule has 0 radical (unpaired) electrons. The van der Waals surface area contributed by atoms with Gasteiger partial charge in [0.2, 0.25) is 0 Å². The zero-order chi connectivity index (χ0) is 22.5. The van der Waals surface area contributed by atoms with E-state index in [1.165, 1.54) is 50.6 Å². The van der Waals surface area contributed by atoms with Crippen LogP contribution < -0.4 is 14.8 Å². The lowest BCUT2D eigenvalue weighted by molar-refractivity contribution is 0.0902. The highest BCUT2D eigenvalue weighted by molar-refractivity contribution is 6.31. The number of aromatic nitrogens is 1. The molecule has 0 atom stereocenters. The van der Waals surface area contributed by atoms with Gasteiger partial charge in [0, 0.05) is 11.1 Å². The fraction of sp³-hybridized carbons (Fsp3) is 0.136. The SMILES string of the molecule is COc1cc(C(=O)NCC(=O)c2ccc(OC)c(-c3ccc(F)c(Cl)c3)n2)ccc1F. The average Bonchev–Trinajstić information content (AvgIpc) is 2.78. The predicted molar refractivity (Wildman–Crippen MR) is 111 cm³/mol. The maximum absolute atomic E-state index is 13.5. The van der Waals surface area contributed by atoms with E-state index < -0.39 is 23.3 Å². The van der Waals surface area contributed by atoms with E-state index in [2.05, 4.69) is 10.3 Å². The van der Waals surface area contributed by atoms with Gasteiger partial charge >= 0.3 is 0 Å². The standard InChI is InChI=1S/C22H17ClF2N2O4/c1-30-19-8-7-17(27-21(19)12-3-5-15(24)14(23)9-12)18(28)11-26-22(29)13-4-6-16(25)20(10-13)31-2/h3-10H,11H2,1-2H3,(H,26,29). The van der Waals surface area contributed by atoms with Gasteiger partial charge in [-0.15, -0.1) is 0 Å². The van der Waals surface area contributed by atoms with E-state index in [-0.39, 0.29) is 28.6 Å². The van der Waals surface area contributed by atoms with Crippen LogP contribution in [-0.2, 0) is 0 Å². The van der Waals surface area contributed by atoms with Gasteiger partial charge in [0.05, 0.1) is 25.8 Å². The maximum Gasteiger partial charge on any atom is 0.251 e. The zero-order valence-corrected chi connectivity index (χ0v) is 17.3. The van der Waals surface area contributed by atoms with E-state index in [0.29, 0.717) is 17.0 Å². The third-order valence-corrected chi connectivity index (χ3v) is 4.67. The molecule has 1 N–H and O–H groups in total. The number of carbonyl (C=O) groups excluding carboxylic acids is 2. The van der Waals surface area contributed by atoms with Crippen molar-refractivity contribution in [2.45, 2.75) is 0 Å². The second kappa shape index (κ2) is 9.53. The van der Waals surface area contributed by atoms with E-state index in [9.17, 15) is 18.4 Å². The summed E-state index contributed by atoms with van der Waals surface area (Å²) < 4.78 is 37.1. The van der Waals surface area contributed by atoms with Gasteiger partial charge in [0.1, 0.15) is 23.0 Å². The fourth-order valence-corrected chi connectivity index (χ4v) is 2.95. The summed E-state index contributed by atoms with van der Waals surface area (Å²) in [6.07, 6.45) is 0. The molecule has 0 saturated carbocycles. The predicted octanol–water partition coefficient (Wildman–Crippen LogP) is 4.31. The van der Waals surface area contributed by atoms with Crippen LogP contribution in [0.25, 0.3) is 11.3 Å². The lowest BCUT2D eigenvalue weighted by atomic mass is 10.1. The Bertz CT molecular complexity index is 1150. The molecule has 0 aliphatic heterocycles. The Labute approximate surface area is 181 Å². The maximum atomic E-state index is 13.5. The van der Waals surface area contributed by atoms with Crippen molar-refractivity contribution in [3.05, 3.63) is 76.4 Å². The number of Topliss-reactive ketones (excluding diaryl/α,β-unsaturated/α-hetero) is 1. The van der Waals surface area contributed by atoms with Gasteiger partial charge in [-0.25, -0.2) is 13.8 Å². The van der Waals surface area contributed by atoms with Crippen molar-refractivity contribution in [1.82, 2.24) is 10.3 Å². The van der Waals surface area contributed by atoms with Crippen LogP contribution in [0.1, 0.15) is 20.8 Å². The van der Waals surface area contributed by atoms with Gasteiger partial charge in [-0.05, 0) is 48.5 Å². The smallest absolute Gasteiger partial charge is 0.251 e.